The Bertz CT molecular complexity index is 509. The van der Waals surface area contributed by atoms with Crippen LogP contribution >= 0.6 is 0 Å². The Morgan fingerprint density at radius 1 is 1.47 bits per heavy atom. The quantitative estimate of drug-likeness (QED) is 0.805. The van der Waals surface area contributed by atoms with Gasteiger partial charge >= 0.3 is 0 Å². The molecule has 1 aromatic rings. The van der Waals surface area contributed by atoms with Crippen molar-refractivity contribution in [1.29, 1.82) is 0 Å². The van der Waals surface area contributed by atoms with Crippen LogP contribution in [0.5, 0.6) is 0 Å². The highest BCUT2D eigenvalue weighted by Crippen LogP contribution is 2.36. The van der Waals surface area contributed by atoms with E-state index in [1.807, 2.05) is 31.2 Å². The highest BCUT2D eigenvalue weighted by Gasteiger charge is 2.32. The van der Waals surface area contributed by atoms with Crippen molar-refractivity contribution in [1.82, 2.24) is 5.32 Å². The lowest BCUT2D eigenvalue weighted by Gasteiger charge is -2.12. The SMILES string of the molecule is CC(C(=O)NCc1ccccc1C#CCN)C1CC1. The third-order valence-electron chi connectivity index (χ3n) is 3.54. The summed E-state index contributed by atoms with van der Waals surface area (Å²) >= 11 is 0. The topological polar surface area (TPSA) is 55.1 Å². The minimum Gasteiger partial charge on any atom is -0.352 e. The van der Waals surface area contributed by atoms with Gasteiger partial charge in [0.25, 0.3) is 0 Å². The molecule has 0 spiro atoms. The zero-order valence-corrected chi connectivity index (χ0v) is 11.3. The summed E-state index contributed by atoms with van der Waals surface area (Å²) in [5, 5.41) is 3.00. The first-order valence-electron chi connectivity index (χ1n) is 6.77. The normalized spacial score (nSPS) is 15.3. The molecule has 1 atom stereocenters. The van der Waals surface area contributed by atoms with Crippen molar-refractivity contribution in [3.63, 3.8) is 0 Å². The standard InChI is InChI=1S/C16H20N2O/c1-12(13-8-9-13)16(19)18-11-15-6-3-2-5-14(15)7-4-10-17/h2-3,5-6,12-13H,8-11,17H2,1H3,(H,18,19). The van der Waals surface area contributed by atoms with E-state index in [1.165, 1.54) is 12.8 Å². The van der Waals surface area contributed by atoms with Gasteiger partial charge in [-0.25, -0.2) is 0 Å². The first-order valence-corrected chi connectivity index (χ1v) is 6.77. The van der Waals surface area contributed by atoms with Gasteiger partial charge in [0.1, 0.15) is 0 Å². The van der Waals surface area contributed by atoms with Crippen LogP contribution in [0.4, 0.5) is 0 Å². The monoisotopic (exact) mass is 256 g/mol. The minimum absolute atomic E-state index is 0.127. The number of carbonyl (C=O) groups is 1. The molecule has 0 heterocycles. The second kappa shape index (κ2) is 6.40. The summed E-state index contributed by atoms with van der Waals surface area (Å²) in [5.74, 6) is 6.74. The van der Waals surface area contributed by atoms with E-state index < -0.39 is 0 Å². The number of hydrogen-bond donors (Lipinski definition) is 2. The molecule has 1 saturated carbocycles. The first kappa shape index (κ1) is 13.6. The Labute approximate surface area is 114 Å². The van der Waals surface area contributed by atoms with Gasteiger partial charge < -0.3 is 11.1 Å². The lowest BCUT2D eigenvalue weighted by atomic mass is 10.0. The van der Waals surface area contributed by atoms with Gasteiger partial charge in [-0.1, -0.05) is 37.0 Å². The number of rotatable bonds is 4. The van der Waals surface area contributed by atoms with Gasteiger partial charge in [0.15, 0.2) is 0 Å². The van der Waals surface area contributed by atoms with Gasteiger partial charge in [-0.05, 0) is 30.4 Å². The lowest BCUT2D eigenvalue weighted by molar-refractivity contribution is -0.125. The van der Waals surface area contributed by atoms with Crippen molar-refractivity contribution in [2.75, 3.05) is 6.54 Å². The molecular formula is C16H20N2O. The van der Waals surface area contributed by atoms with Crippen LogP contribution in [0, 0.1) is 23.7 Å². The Morgan fingerprint density at radius 2 is 2.21 bits per heavy atom. The summed E-state index contributed by atoms with van der Waals surface area (Å²) in [4.78, 5) is 12.0. The Hall–Kier alpha value is -1.79. The second-order valence-electron chi connectivity index (χ2n) is 5.01. The van der Waals surface area contributed by atoms with Gasteiger partial charge in [0, 0.05) is 18.0 Å². The third-order valence-corrected chi connectivity index (χ3v) is 3.54. The molecule has 0 saturated heterocycles. The van der Waals surface area contributed by atoms with E-state index in [2.05, 4.69) is 17.2 Å². The molecule has 3 N–H and O–H groups in total. The third kappa shape index (κ3) is 3.84. The predicted molar refractivity (Wildman–Crippen MR) is 76.1 cm³/mol. The molecule has 0 bridgehead atoms. The van der Waals surface area contributed by atoms with E-state index >= 15 is 0 Å². The Kier molecular flexibility index (Phi) is 4.59. The van der Waals surface area contributed by atoms with Crippen LogP contribution in [-0.2, 0) is 11.3 Å². The number of amides is 1. The van der Waals surface area contributed by atoms with Gasteiger partial charge in [0.2, 0.25) is 5.91 Å². The average molecular weight is 256 g/mol. The van der Waals surface area contributed by atoms with E-state index in [-0.39, 0.29) is 11.8 Å². The van der Waals surface area contributed by atoms with Crippen LogP contribution in [0.2, 0.25) is 0 Å². The summed E-state index contributed by atoms with van der Waals surface area (Å²) in [5.41, 5.74) is 7.36. The van der Waals surface area contributed by atoms with E-state index in [0.29, 0.717) is 19.0 Å². The van der Waals surface area contributed by atoms with E-state index in [9.17, 15) is 4.79 Å². The molecule has 1 unspecified atom stereocenters. The fraction of sp³-hybridized carbons (Fsp3) is 0.438. The molecule has 100 valence electrons. The first-order chi connectivity index (χ1) is 9.22. The fourth-order valence-corrected chi connectivity index (χ4v) is 2.10. The van der Waals surface area contributed by atoms with Gasteiger partial charge in [0.05, 0.1) is 6.54 Å². The molecule has 0 aliphatic heterocycles. The largest absolute Gasteiger partial charge is 0.352 e. The molecule has 3 nitrogen and oxygen atoms in total. The van der Waals surface area contributed by atoms with Crippen molar-refractivity contribution in [3.8, 4) is 11.8 Å². The summed E-state index contributed by atoms with van der Waals surface area (Å²) in [7, 11) is 0. The molecule has 2 rings (SSSR count). The van der Waals surface area contributed by atoms with Crippen LogP contribution in [0.1, 0.15) is 30.9 Å². The summed E-state index contributed by atoms with van der Waals surface area (Å²) < 4.78 is 0. The molecule has 1 aliphatic carbocycles. The zero-order valence-electron chi connectivity index (χ0n) is 11.3. The second-order valence-corrected chi connectivity index (χ2v) is 5.01. The molecule has 1 aromatic carbocycles. The van der Waals surface area contributed by atoms with Crippen molar-refractivity contribution < 1.29 is 4.79 Å². The molecule has 3 heteroatoms. The Morgan fingerprint density at radius 3 is 2.89 bits per heavy atom. The maximum absolute atomic E-state index is 12.0. The van der Waals surface area contributed by atoms with Crippen molar-refractivity contribution in [2.45, 2.75) is 26.3 Å². The molecular weight excluding hydrogens is 236 g/mol. The highest BCUT2D eigenvalue weighted by atomic mass is 16.1. The van der Waals surface area contributed by atoms with Crippen molar-refractivity contribution >= 4 is 5.91 Å². The van der Waals surface area contributed by atoms with Gasteiger partial charge in [-0.15, -0.1) is 0 Å². The number of hydrogen-bond acceptors (Lipinski definition) is 2. The number of nitrogens with two attached hydrogens (primary N) is 1. The molecule has 0 aromatic heterocycles. The molecule has 0 radical (unpaired) electrons. The summed E-state index contributed by atoms with van der Waals surface area (Å²) in [6.07, 6.45) is 2.38. The highest BCUT2D eigenvalue weighted by molar-refractivity contribution is 5.78. The van der Waals surface area contributed by atoms with E-state index in [0.717, 1.165) is 11.1 Å². The fourth-order valence-electron chi connectivity index (χ4n) is 2.10. The molecule has 19 heavy (non-hydrogen) atoms. The summed E-state index contributed by atoms with van der Waals surface area (Å²) in [6, 6.07) is 7.84. The van der Waals surface area contributed by atoms with E-state index in [4.69, 9.17) is 5.73 Å². The maximum Gasteiger partial charge on any atom is 0.223 e. The Balaban J connectivity index is 1.96. The van der Waals surface area contributed by atoms with Crippen LogP contribution in [0.25, 0.3) is 0 Å². The predicted octanol–water partition coefficient (Wildman–Crippen LogP) is 1.66. The lowest BCUT2D eigenvalue weighted by Crippen LogP contribution is -2.30. The van der Waals surface area contributed by atoms with Crippen LogP contribution in [0.15, 0.2) is 24.3 Å². The molecule has 1 aliphatic rings. The molecule has 1 fully saturated rings. The van der Waals surface area contributed by atoms with Gasteiger partial charge in [-0.3, -0.25) is 4.79 Å². The minimum atomic E-state index is 0.127. The average Bonchev–Trinajstić information content (AvgIpc) is 3.27. The molecule has 1 amide bonds. The number of nitrogens with one attached hydrogen (secondary N) is 1. The zero-order chi connectivity index (χ0) is 13.7. The van der Waals surface area contributed by atoms with Crippen molar-refractivity contribution in [3.05, 3.63) is 35.4 Å². The number of carbonyl (C=O) groups excluding carboxylic acids is 1. The van der Waals surface area contributed by atoms with E-state index in [1.54, 1.807) is 0 Å². The smallest absolute Gasteiger partial charge is 0.223 e. The maximum atomic E-state index is 12.0. The summed E-state index contributed by atoms with van der Waals surface area (Å²) in [6.45, 7) is 2.89. The number of benzene rings is 1. The van der Waals surface area contributed by atoms with Crippen LogP contribution < -0.4 is 11.1 Å². The van der Waals surface area contributed by atoms with Crippen LogP contribution in [-0.4, -0.2) is 12.5 Å². The van der Waals surface area contributed by atoms with Crippen molar-refractivity contribution in [2.24, 2.45) is 17.6 Å². The van der Waals surface area contributed by atoms with Crippen LogP contribution in [0.3, 0.4) is 0 Å². The van der Waals surface area contributed by atoms with Gasteiger partial charge in [-0.2, -0.15) is 0 Å².